The molecule has 0 amide bonds. The van der Waals surface area contributed by atoms with Gasteiger partial charge in [0.2, 0.25) is 11.2 Å². The largest absolute Gasteiger partial charge is 0.436 e. The Morgan fingerprint density at radius 3 is 2.86 bits per heavy atom. The lowest BCUT2D eigenvalue weighted by Crippen LogP contribution is -1.98. The van der Waals surface area contributed by atoms with Crippen LogP contribution < -0.4 is 5.73 Å². The molecule has 2 aromatic heterocycles. The van der Waals surface area contributed by atoms with Crippen LogP contribution in [0.1, 0.15) is 0 Å². The summed E-state index contributed by atoms with van der Waals surface area (Å²) in [5, 5.41) is 10.5. The Bertz CT molecular complexity index is 518. The van der Waals surface area contributed by atoms with E-state index in [2.05, 4.69) is 15.0 Å². The first-order valence-corrected chi connectivity index (χ1v) is 3.68. The summed E-state index contributed by atoms with van der Waals surface area (Å²) in [6.45, 7) is 0. The third-order valence-electron chi connectivity index (χ3n) is 1.82. The van der Waals surface area contributed by atoms with Gasteiger partial charge in [0.25, 0.3) is 0 Å². The van der Waals surface area contributed by atoms with Crippen molar-refractivity contribution in [1.29, 1.82) is 0 Å². The van der Waals surface area contributed by atoms with Gasteiger partial charge < -0.3 is 15.8 Å². The van der Waals surface area contributed by atoms with Gasteiger partial charge in [-0.25, -0.2) is 14.5 Å². The number of rotatable bonds is 1. The molecule has 0 bridgehead atoms. The van der Waals surface area contributed by atoms with Gasteiger partial charge in [0.05, 0.1) is 7.05 Å². The standard InChI is InChI=1S/C6H6N6O2/c1-11-5-3(4(7)8-2-9-5)10-6(11)12(13)14/h2H,1H3,(H2,7,8,9). The van der Waals surface area contributed by atoms with E-state index < -0.39 is 4.92 Å². The van der Waals surface area contributed by atoms with Crippen molar-refractivity contribution in [2.75, 3.05) is 5.73 Å². The van der Waals surface area contributed by atoms with E-state index in [1.807, 2.05) is 0 Å². The number of nitrogens with two attached hydrogens (primary N) is 1. The van der Waals surface area contributed by atoms with Crippen LogP contribution in [0.5, 0.6) is 0 Å². The summed E-state index contributed by atoms with van der Waals surface area (Å²) in [5.41, 5.74) is 6.09. The van der Waals surface area contributed by atoms with Crippen LogP contribution in [0.3, 0.4) is 0 Å². The number of hydrogen-bond acceptors (Lipinski definition) is 6. The van der Waals surface area contributed by atoms with Crippen LogP contribution in [-0.2, 0) is 7.05 Å². The quantitative estimate of drug-likeness (QED) is 0.499. The van der Waals surface area contributed by atoms with Gasteiger partial charge in [-0.3, -0.25) is 0 Å². The predicted octanol–water partition coefficient (Wildman–Crippen LogP) is -0.146. The summed E-state index contributed by atoms with van der Waals surface area (Å²) in [6, 6.07) is 0. The van der Waals surface area contributed by atoms with Crippen LogP contribution >= 0.6 is 0 Å². The molecular formula is C6H6N6O2. The number of nitrogens with zero attached hydrogens (tertiary/aromatic N) is 5. The highest BCUT2D eigenvalue weighted by atomic mass is 16.6. The number of nitrogen functional groups attached to an aromatic ring is 1. The maximum Gasteiger partial charge on any atom is 0.436 e. The predicted molar refractivity (Wildman–Crippen MR) is 47.4 cm³/mol. The second-order valence-electron chi connectivity index (χ2n) is 2.66. The third kappa shape index (κ3) is 0.969. The first-order valence-electron chi connectivity index (χ1n) is 3.68. The molecule has 14 heavy (non-hydrogen) atoms. The van der Waals surface area contributed by atoms with Crippen LogP contribution in [0.15, 0.2) is 6.33 Å². The Hall–Kier alpha value is -2.25. The van der Waals surface area contributed by atoms with Crippen molar-refractivity contribution in [3.8, 4) is 0 Å². The number of hydrogen-bond donors (Lipinski definition) is 1. The Balaban J connectivity index is 2.86. The lowest BCUT2D eigenvalue weighted by atomic mass is 10.5. The molecule has 0 fully saturated rings. The van der Waals surface area contributed by atoms with Crippen molar-refractivity contribution in [3.05, 3.63) is 16.4 Å². The van der Waals surface area contributed by atoms with Gasteiger partial charge in [-0.1, -0.05) is 4.98 Å². The zero-order valence-corrected chi connectivity index (χ0v) is 7.21. The smallest absolute Gasteiger partial charge is 0.390 e. The van der Waals surface area contributed by atoms with E-state index in [9.17, 15) is 10.1 Å². The van der Waals surface area contributed by atoms with E-state index in [0.717, 1.165) is 0 Å². The lowest BCUT2D eigenvalue weighted by molar-refractivity contribution is -0.396. The molecule has 2 heterocycles. The molecule has 0 radical (unpaired) electrons. The van der Waals surface area contributed by atoms with Crippen LogP contribution in [0, 0.1) is 10.1 Å². The molecule has 0 aliphatic rings. The van der Waals surface area contributed by atoms with Crippen molar-refractivity contribution < 1.29 is 4.92 Å². The van der Waals surface area contributed by atoms with Gasteiger partial charge in [0, 0.05) is 0 Å². The van der Waals surface area contributed by atoms with Crippen LogP contribution in [0.2, 0.25) is 0 Å². The molecule has 2 aromatic rings. The number of aryl methyl sites for hydroxylation is 1. The summed E-state index contributed by atoms with van der Waals surface area (Å²) in [4.78, 5) is 21.2. The van der Waals surface area contributed by atoms with E-state index in [1.165, 1.54) is 17.9 Å². The molecule has 0 aliphatic heterocycles. The van der Waals surface area contributed by atoms with Crippen molar-refractivity contribution in [2.24, 2.45) is 7.05 Å². The first-order chi connectivity index (χ1) is 6.61. The Morgan fingerprint density at radius 1 is 1.57 bits per heavy atom. The average molecular weight is 194 g/mol. The number of aromatic nitrogens is 4. The van der Waals surface area contributed by atoms with Crippen molar-refractivity contribution in [1.82, 2.24) is 19.5 Å². The van der Waals surface area contributed by atoms with Crippen molar-refractivity contribution >= 4 is 22.9 Å². The van der Waals surface area contributed by atoms with E-state index in [-0.39, 0.29) is 17.3 Å². The van der Waals surface area contributed by atoms with E-state index in [0.29, 0.717) is 5.65 Å². The number of fused-ring (bicyclic) bond motifs is 1. The number of nitro groups is 1. The maximum atomic E-state index is 10.5. The minimum atomic E-state index is -0.596. The van der Waals surface area contributed by atoms with Gasteiger partial charge in [-0.2, -0.15) is 0 Å². The molecule has 2 rings (SSSR count). The molecule has 0 aromatic carbocycles. The minimum absolute atomic E-state index is 0.138. The Kier molecular flexibility index (Phi) is 1.56. The van der Waals surface area contributed by atoms with E-state index >= 15 is 0 Å². The van der Waals surface area contributed by atoms with Crippen molar-refractivity contribution in [3.63, 3.8) is 0 Å². The summed E-state index contributed by atoms with van der Waals surface area (Å²) in [7, 11) is 1.50. The molecule has 0 spiro atoms. The zero-order chi connectivity index (χ0) is 10.3. The van der Waals surface area contributed by atoms with Gasteiger partial charge in [0.15, 0.2) is 5.82 Å². The number of imidazole rings is 1. The minimum Gasteiger partial charge on any atom is -0.390 e. The van der Waals surface area contributed by atoms with Gasteiger partial charge in [-0.05, 0) is 4.92 Å². The molecular weight excluding hydrogens is 188 g/mol. The maximum absolute atomic E-state index is 10.5. The molecule has 72 valence electrons. The second-order valence-corrected chi connectivity index (χ2v) is 2.66. The third-order valence-corrected chi connectivity index (χ3v) is 1.82. The summed E-state index contributed by atoms with van der Waals surface area (Å²) < 4.78 is 1.26. The van der Waals surface area contributed by atoms with E-state index in [4.69, 9.17) is 5.73 Å². The summed E-state index contributed by atoms with van der Waals surface area (Å²) >= 11 is 0. The normalized spacial score (nSPS) is 10.6. The molecule has 2 N–H and O–H groups in total. The van der Waals surface area contributed by atoms with Gasteiger partial charge in [-0.15, -0.1) is 0 Å². The fourth-order valence-corrected chi connectivity index (χ4v) is 1.17. The Labute approximate surface area is 77.5 Å². The lowest BCUT2D eigenvalue weighted by Gasteiger charge is -1.92. The zero-order valence-electron chi connectivity index (χ0n) is 7.21. The summed E-state index contributed by atoms with van der Waals surface area (Å²) in [6.07, 6.45) is 1.24. The van der Waals surface area contributed by atoms with Gasteiger partial charge >= 0.3 is 5.95 Å². The first kappa shape index (κ1) is 8.35. The van der Waals surface area contributed by atoms with Crippen LogP contribution in [0.25, 0.3) is 11.2 Å². The fourth-order valence-electron chi connectivity index (χ4n) is 1.17. The average Bonchev–Trinajstić information content (AvgIpc) is 2.46. The van der Waals surface area contributed by atoms with Crippen LogP contribution in [-0.4, -0.2) is 24.4 Å². The monoisotopic (exact) mass is 194 g/mol. The SMILES string of the molecule is Cn1c([N+](=O)[O-])nc2c(N)ncnc21. The van der Waals surface area contributed by atoms with E-state index in [1.54, 1.807) is 0 Å². The molecule has 0 saturated carbocycles. The molecule has 8 heteroatoms. The highest BCUT2D eigenvalue weighted by Gasteiger charge is 2.21. The topological polar surface area (TPSA) is 113 Å². The summed E-state index contributed by atoms with van der Waals surface area (Å²) in [5.74, 6) is -0.161. The molecule has 0 aliphatic carbocycles. The Morgan fingerprint density at radius 2 is 2.29 bits per heavy atom. The molecule has 0 saturated heterocycles. The molecule has 0 unspecified atom stereocenters. The number of anilines is 1. The molecule has 8 nitrogen and oxygen atoms in total. The fraction of sp³-hybridized carbons (Fsp3) is 0.167. The molecule has 0 atom stereocenters. The highest BCUT2D eigenvalue weighted by Crippen LogP contribution is 2.20. The van der Waals surface area contributed by atoms with Gasteiger partial charge in [0.1, 0.15) is 6.33 Å². The second kappa shape index (κ2) is 2.62. The van der Waals surface area contributed by atoms with Crippen LogP contribution in [0.4, 0.5) is 11.8 Å². The highest BCUT2D eigenvalue weighted by molar-refractivity contribution is 5.82. The van der Waals surface area contributed by atoms with Crippen molar-refractivity contribution in [2.45, 2.75) is 0 Å².